The first-order valence-electron chi connectivity index (χ1n) is 14.4. The smallest absolute Gasteiger partial charge is 0.396 e. The van der Waals surface area contributed by atoms with Gasteiger partial charge in [0.15, 0.2) is 28.9 Å². The zero-order valence-electron chi connectivity index (χ0n) is 24.3. The third-order valence-corrected chi connectivity index (χ3v) is 12.0. The fourth-order valence-corrected chi connectivity index (χ4v) is 9.74. The number of nitrogens with zero attached hydrogens (tertiary/aromatic N) is 7. The summed E-state index contributed by atoms with van der Waals surface area (Å²) >= 11 is 5.37. The molecule has 4 fully saturated rings. The van der Waals surface area contributed by atoms with Gasteiger partial charge in [-0.2, -0.15) is 0 Å². The first kappa shape index (κ1) is 31.5. The van der Waals surface area contributed by atoms with Gasteiger partial charge in [0.1, 0.15) is 36.0 Å². The second-order valence-corrected chi connectivity index (χ2v) is 16.3. The molecule has 2 saturated heterocycles. The Balaban J connectivity index is 1.15. The summed E-state index contributed by atoms with van der Waals surface area (Å²) in [5, 5.41) is 22.0. The number of anilines is 1. The number of ether oxygens (including phenoxy) is 1. The van der Waals surface area contributed by atoms with Crippen molar-refractivity contribution in [3.8, 4) is 0 Å². The van der Waals surface area contributed by atoms with Crippen LogP contribution in [0.1, 0.15) is 24.5 Å². The summed E-state index contributed by atoms with van der Waals surface area (Å²) in [6.07, 6.45) is -1.87. The summed E-state index contributed by atoms with van der Waals surface area (Å²) in [7, 11) is -4.94. The quantitative estimate of drug-likeness (QED) is 0.145. The number of hydrogen-bond acceptors (Lipinski definition) is 16. The number of aromatic nitrogens is 8. The van der Waals surface area contributed by atoms with Crippen LogP contribution in [0.4, 0.5) is 5.82 Å². The fourth-order valence-electron chi connectivity index (χ4n) is 7.23. The molecule has 8 rings (SSSR count). The van der Waals surface area contributed by atoms with E-state index in [0.717, 1.165) is 0 Å². The number of rotatable bonds is 3. The normalized spacial score (nSPS) is 40.4. The van der Waals surface area contributed by atoms with Crippen LogP contribution in [-0.2, 0) is 39.2 Å². The van der Waals surface area contributed by atoms with E-state index in [1.807, 2.05) is 0 Å². The number of aromatic amines is 1. The van der Waals surface area contributed by atoms with Gasteiger partial charge in [0, 0.05) is 11.3 Å². The van der Waals surface area contributed by atoms with Crippen LogP contribution in [0.15, 0.2) is 23.8 Å². The molecule has 2 bridgehead atoms. The Morgan fingerprint density at radius 1 is 1.13 bits per heavy atom. The highest BCUT2D eigenvalue weighted by Crippen LogP contribution is 2.72. The standard InChI is InChI=1S/C24H29N9O11P2S/c1-9-30-21-14(22(36)31-9)29-8-33(21)23-17-10(3-34)12(42-23)4-40-46(39,47)44-18-16(35)15(11-2-24(11,18)5-41-45(37,38)43-17)32-7-28-13-19(25)26-6-27-20(13)32/h6-8,10-12,15-18,23,34-35H,2-5H2,1H3,(H,37,38)(H,39,47)(H2,25,26,27)(H,30,31,36)/t10-,11-,12-,15-,16+,17-,18+,23-,24+,46?/m1/s1. The molecule has 6 heterocycles. The molecule has 2 aliphatic heterocycles. The van der Waals surface area contributed by atoms with E-state index in [2.05, 4.69) is 29.9 Å². The van der Waals surface area contributed by atoms with E-state index < -0.39 is 93.9 Å². The molecule has 23 heteroatoms. The Bertz CT molecular complexity index is 2060. The number of phosphoric acid groups is 1. The highest BCUT2D eigenvalue weighted by Gasteiger charge is 2.74. The first-order chi connectivity index (χ1) is 22.3. The summed E-state index contributed by atoms with van der Waals surface area (Å²) < 4.78 is 45.7. The Kier molecular flexibility index (Phi) is 7.28. The van der Waals surface area contributed by atoms with Gasteiger partial charge in [-0.3, -0.25) is 18.4 Å². The molecule has 4 aromatic rings. The van der Waals surface area contributed by atoms with Gasteiger partial charge in [-0.15, -0.1) is 0 Å². The molecule has 20 nitrogen and oxygen atoms in total. The van der Waals surface area contributed by atoms with Gasteiger partial charge in [-0.25, -0.2) is 29.5 Å². The number of phosphoric ester groups is 1. The van der Waals surface area contributed by atoms with Gasteiger partial charge in [-0.05, 0) is 31.1 Å². The summed E-state index contributed by atoms with van der Waals surface area (Å²) in [6.45, 7) is -4.05. The van der Waals surface area contributed by atoms with E-state index in [-0.39, 0.29) is 22.8 Å². The molecule has 2 aliphatic carbocycles. The lowest BCUT2D eigenvalue weighted by atomic mass is 9.99. The van der Waals surface area contributed by atoms with Crippen LogP contribution in [0, 0.1) is 24.2 Å². The number of aliphatic hydroxyl groups excluding tert-OH is 2. The van der Waals surface area contributed by atoms with E-state index in [1.165, 1.54) is 23.5 Å². The van der Waals surface area contributed by atoms with Crippen LogP contribution in [0.2, 0.25) is 0 Å². The molecular weight excluding hydrogens is 684 g/mol. The van der Waals surface area contributed by atoms with Crippen LogP contribution in [0.5, 0.6) is 0 Å². The third-order valence-electron chi connectivity index (χ3n) is 9.46. The summed E-state index contributed by atoms with van der Waals surface area (Å²) in [5.41, 5.74) is 5.10. The zero-order valence-corrected chi connectivity index (χ0v) is 26.9. The van der Waals surface area contributed by atoms with Crippen molar-refractivity contribution in [2.75, 3.05) is 25.6 Å². The highest BCUT2D eigenvalue weighted by molar-refractivity contribution is 8.07. The monoisotopic (exact) mass is 713 g/mol. The van der Waals surface area contributed by atoms with Crippen molar-refractivity contribution >= 4 is 54.5 Å². The average molecular weight is 714 g/mol. The van der Waals surface area contributed by atoms with Crippen LogP contribution in [0.25, 0.3) is 22.3 Å². The number of imidazole rings is 2. The molecule has 4 aliphatic rings. The number of fused-ring (bicyclic) bond motifs is 4. The van der Waals surface area contributed by atoms with E-state index in [4.69, 9.17) is 40.4 Å². The molecule has 1 spiro atoms. The van der Waals surface area contributed by atoms with Gasteiger partial charge in [-0.1, -0.05) is 0 Å². The van der Waals surface area contributed by atoms with Crippen LogP contribution in [-0.4, -0.2) is 103 Å². The molecule has 252 valence electrons. The Morgan fingerprint density at radius 3 is 2.68 bits per heavy atom. The largest absolute Gasteiger partial charge is 0.472 e. The molecule has 2 unspecified atom stereocenters. The van der Waals surface area contributed by atoms with E-state index in [9.17, 15) is 29.4 Å². The minimum atomic E-state index is -4.94. The number of hydrogen-bond donors (Lipinski definition) is 6. The average Bonchev–Trinajstić information content (AvgIpc) is 3.30. The number of aliphatic hydroxyl groups is 2. The number of nitrogens with one attached hydrogen (secondary N) is 1. The zero-order chi connectivity index (χ0) is 33.0. The number of nitrogens with two attached hydrogens (primary N) is 1. The molecule has 4 aromatic heterocycles. The van der Waals surface area contributed by atoms with E-state index >= 15 is 0 Å². The molecule has 0 radical (unpaired) electrons. The second kappa shape index (κ2) is 10.9. The summed E-state index contributed by atoms with van der Waals surface area (Å²) in [5.74, 6) is -0.993. The van der Waals surface area contributed by atoms with Crippen molar-refractivity contribution in [2.45, 2.75) is 50.0 Å². The van der Waals surface area contributed by atoms with Crippen molar-refractivity contribution in [3.05, 3.63) is 35.2 Å². The number of H-pyrrole nitrogens is 1. The fraction of sp³-hybridized carbons (Fsp3) is 0.583. The van der Waals surface area contributed by atoms with Crippen molar-refractivity contribution in [1.29, 1.82) is 0 Å². The first-order valence-corrected chi connectivity index (χ1v) is 18.5. The molecule has 47 heavy (non-hydrogen) atoms. The van der Waals surface area contributed by atoms with Gasteiger partial charge >= 0.3 is 14.5 Å². The summed E-state index contributed by atoms with van der Waals surface area (Å²) in [4.78, 5) is 58.3. The lowest BCUT2D eigenvalue weighted by Crippen LogP contribution is -2.38. The van der Waals surface area contributed by atoms with Crippen LogP contribution in [0.3, 0.4) is 0 Å². The van der Waals surface area contributed by atoms with E-state index in [0.29, 0.717) is 17.6 Å². The van der Waals surface area contributed by atoms with Crippen molar-refractivity contribution in [3.63, 3.8) is 0 Å². The maximum absolute atomic E-state index is 13.6. The minimum Gasteiger partial charge on any atom is -0.396 e. The van der Waals surface area contributed by atoms with Crippen LogP contribution < -0.4 is 11.3 Å². The van der Waals surface area contributed by atoms with Gasteiger partial charge in [0.2, 0.25) is 0 Å². The SMILES string of the molecule is Cc1nc2c(ncn2[C@@H]2O[C@@H]3COP(O)(=S)O[C@H]4[C@@H](O)[C@H](n5cnc6c(N)ncnc65)[C@H]5C[C@]54COP(=O)(O)O[C@@H]2[C@@H]3CO)c(=O)[nH]1. The Morgan fingerprint density at radius 2 is 1.89 bits per heavy atom. The molecule has 0 aromatic carbocycles. The Hall–Kier alpha value is -2.78. The Labute approximate surface area is 268 Å². The topological polar surface area (TPSA) is 277 Å². The van der Waals surface area contributed by atoms with Gasteiger partial charge in [0.25, 0.3) is 5.56 Å². The van der Waals surface area contributed by atoms with Crippen molar-refractivity contribution < 1.29 is 47.4 Å². The molecule has 2 saturated carbocycles. The maximum Gasteiger partial charge on any atom is 0.472 e. The lowest BCUT2D eigenvalue weighted by molar-refractivity contribution is -0.0611. The third kappa shape index (κ3) is 5.00. The predicted molar refractivity (Wildman–Crippen MR) is 161 cm³/mol. The molecule has 0 amide bonds. The van der Waals surface area contributed by atoms with Gasteiger partial charge in [0.05, 0.1) is 44.6 Å². The number of nitrogen functional groups attached to an aromatic ring is 1. The van der Waals surface area contributed by atoms with Crippen molar-refractivity contribution in [2.24, 2.45) is 17.3 Å². The molecule has 11 atom stereocenters. The summed E-state index contributed by atoms with van der Waals surface area (Å²) in [6, 6.07) is -0.721. The maximum atomic E-state index is 13.6. The lowest BCUT2D eigenvalue weighted by Gasteiger charge is -2.31. The molecule has 7 N–H and O–H groups in total. The van der Waals surface area contributed by atoms with Gasteiger partial charge < -0.3 is 49.1 Å². The van der Waals surface area contributed by atoms with Crippen LogP contribution >= 0.6 is 14.5 Å². The minimum absolute atomic E-state index is 0.0191. The molecular formula is C24H29N9O11P2S. The van der Waals surface area contributed by atoms with E-state index in [1.54, 1.807) is 11.5 Å². The highest BCUT2D eigenvalue weighted by atomic mass is 32.5. The van der Waals surface area contributed by atoms with Crippen molar-refractivity contribution in [1.82, 2.24) is 39.0 Å². The second-order valence-electron chi connectivity index (χ2n) is 12.1. The number of aryl methyl sites for hydroxylation is 1. The predicted octanol–water partition coefficient (Wildman–Crippen LogP) is -0.588.